The fourth-order valence-electron chi connectivity index (χ4n) is 1.76. The number of carbonyl (C=O) groups is 2. The molecule has 0 saturated carbocycles. The fraction of sp³-hybridized carbons (Fsp3) is 0.429. The van der Waals surface area contributed by atoms with Gasteiger partial charge in [0.1, 0.15) is 6.04 Å². The van der Waals surface area contributed by atoms with Gasteiger partial charge in [-0.05, 0) is 12.5 Å². The molecule has 1 aromatic carbocycles. The maximum atomic E-state index is 13.3. The maximum absolute atomic E-state index is 13.3. The molecule has 0 heterocycles. The molecule has 7 heteroatoms. The first-order valence-electron chi connectivity index (χ1n) is 6.31. The van der Waals surface area contributed by atoms with E-state index in [1.165, 1.54) is 6.92 Å². The van der Waals surface area contributed by atoms with Gasteiger partial charge in [0.15, 0.2) is 5.54 Å². The number of alkyl halides is 2. The second kappa shape index (κ2) is 7.12. The van der Waals surface area contributed by atoms with Crippen LogP contribution in [-0.2, 0) is 20.7 Å². The van der Waals surface area contributed by atoms with Crippen molar-refractivity contribution >= 4 is 11.9 Å². The molecule has 2 atom stereocenters. The number of carbonyl (C=O) groups excluding carboxylic acids is 2. The van der Waals surface area contributed by atoms with E-state index in [-0.39, 0.29) is 6.42 Å². The molecule has 0 fully saturated rings. The SMILES string of the molecule is COC(=O)[C@H](C)NC(=O)[C@](N)(Cc1ccccc1)C(F)F. The number of nitrogens with two attached hydrogens (primary N) is 1. The Bertz CT molecular complexity index is 496. The normalized spacial score (nSPS) is 15.1. The summed E-state index contributed by atoms with van der Waals surface area (Å²) in [5.74, 6) is -1.83. The first-order chi connectivity index (χ1) is 9.81. The van der Waals surface area contributed by atoms with Gasteiger partial charge in [-0.15, -0.1) is 0 Å². The zero-order valence-electron chi connectivity index (χ0n) is 11.8. The molecule has 1 rings (SSSR count). The average molecular weight is 300 g/mol. The summed E-state index contributed by atoms with van der Waals surface area (Å²) >= 11 is 0. The van der Waals surface area contributed by atoms with Crippen LogP contribution >= 0.6 is 0 Å². The lowest BCUT2D eigenvalue weighted by atomic mass is 9.91. The van der Waals surface area contributed by atoms with Crippen LogP contribution in [0.15, 0.2) is 30.3 Å². The van der Waals surface area contributed by atoms with E-state index in [1.807, 2.05) is 0 Å². The van der Waals surface area contributed by atoms with Gasteiger partial charge in [-0.1, -0.05) is 30.3 Å². The van der Waals surface area contributed by atoms with Crippen molar-refractivity contribution in [1.82, 2.24) is 5.32 Å². The molecule has 0 aliphatic rings. The van der Waals surface area contributed by atoms with E-state index in [0.717, 1.165) is 7.11 Å². The second-order valence-electron chi connectivity index (χ2n) is 4.72. The number of ether oxygens (including phenoxy) is 1. The largest absolute Gasteiger partial charge is 0.467 e. The van der Waals surface area contributed by atoms with E-state index in [0.29, 0.717) is 5.56 Å². The highest BCUT2D eigenvalue weighted by molar-refractivity contribution is 5.90. The number of nitrogens with one attached hydrogen (secondary N) is 1. The van der Waals surface area contributed by atoms with Gasteiger partial charge >= 0.3 is 5.97 Å². The van der Waals surface area contributed by atoms with Gasteiger partial charge in [0.25, 0.3) is 6.43 Å². The molecule has 21 heavy (non-hydrogen) atoms. The number of hydrogen-bond acceptors (Lipinski definition) is 4. The Morgan fingerprint density at radius 2 is 1.90 bits per heavy atom. The summed E-state index contributed by atoms with van der Waals surface area (Å²) < 4.78 is 30.9. The molecule has 0 aliphatic carbocycles. The fourth-order valence-corrected chi connectivity index (χ4v) is 1.76. The third kappa shape index (κ3) is 4.22. The van der Waals surface area contributed by atoms with Crippen LogP contribution < -0.4 is 11.1 Å². The number of rotatable bonds is 6. The van der Waals surface area contributed by atoms with Crippen molar-refractivity contribution in [2.45, 2.75) is 31.4 Å². The molecule has 0 bridgehead atoms. The minimum atomic E-state index is -3.08. The zero-order chi connectivity index (χ0) is 16.0. The highest BCUT2D eigenvalue weighted by Crippen LogP contribution is 2.19. The molecule has 0 saturated heterocycles. The van der Waals surface area contributed by atoms with Crippen molar-refractivity contribution in [3.8, 4) is 0 Å². The third-order valence-electron chi connectivity index (χ3n) is 3.05. The Morgan fingerprint density at radius 3 is 2.38 bits per heavy atom. The maximum Gasteiger partial charge on any atom is 0.328 e. The van der Waals surface area contributed by atoms with Gasteiger partial charge in [0.2, 0.25) is 5.91 Å². The highest BCUT2D eigenvalue weighted by Gasteiger charge is 2.44. The molecule has 3 N–H and O–H groups in total. The van der Waals surface area contributed by atoms with Crippen molar-refractivity contribution < 1.29 is 23.1 Å². The van der Waals surface area contributed by atoms with Crippen LogP contribution in [0.5, 0.6) is 0 Å². The Hall–Kier alpha value is -2.02. The van der Waals surface area contributed by atoms with E-state index in [9.17, 15) is 18.4 Å². The number of hydrogen-bond donors (Lipinski definition) is 2. The Labute approximate surface area is 121 Å². The third-order valence-corrected chi connectivity index (χ3v) is 3.05. The predicted octanol–water partition coefficient (Wildman–Crippen LogP) is 0.869. The molecule has 1 amide bonds. The van der Waals surface area contributed by atoms with E-state index in [1.54, 1.807) is 30.3 Å². The van der Waals surface area contributed by atoms with Gasteiger partial charge in [-0.3, -0.25) is 4.79 Å². The van der Waals surface area contributed by atoms with Crippen molar-refractivity contribution in [3.05, 3.63) is 35.9 Å². The zero-order valence-corrected chi connectivity index (χ0v) is 11.8. The van der Waals surface area contributed by atoms with Gasteiger partial charge in [-0.25, -0.2) is 13.6 Å². The van der Waals surface area contributed by atoms with Gasteiger partial charge in [0.05, 0.1) is 7.11 Å². The van der Waals surface area contributed by atoms with Gasteiger partial charge in [0, 0.05) is 6.42 Å². The minimum Gasteiger partial charge on any atom is -0.467 e. The second-order valence-corrected chi connectivity index (χ2v) is 4.72. The Morgan fingerprint density at radius 1 is 1.33 bits per heavy atom. The quantitative estimate of drug-likeness (QED) is 0.764. The van der Waals surface area contributed by atoms with E-state index in [4.69, 9.17) is 5.73 Å². The molecule has 116 valence electrons. The summed E-state index contributed by atoms with van der Waals surface area (Å²) in [5, 5.41) is 2.15. The van der Waals surface area contributed by atoms with Gasteiger partial charge < -0.3 is 15.8 Å². The summed E-state index contributed by atoms with van der Waals surface area (Å²) in [4.78, 5) is 23.3. The van der Waals surface area contributed by atoms with E-state index >= 15 is 0 Å². The summed E-state index contributed by atoms with van der Waals surface area (Å²) in [6.07, 6.45) is -3.42. The first-order valence-corrected chi connectivity index (χ1v) is 6.31. The molecule has 1 aromatic rings. The van der Waals surface area contributed by atoms with Crippen molar-refractivity contribution in [3.63, 3.8) is 0 Å². The Balaban J connectivity index is 2.89. The molecule has 0 unspecified atom stereocenters. The minimum absolute atomic E-state index is 0.342. The number of esters is 1. The van der Waals surface area contributed by atoms with Crippen molar-refractivity contribution in [1.29, 1.82) is 0 Å². The molecular weight excluding hydrogens is 282 g/mol. The van der Waals surface area contributed by atoms with Crippen molar-refractivity contribution in [2.75, 3.05) is 7.11 Å². The summed E-state index contributed by atoms with van der Waals surface area (Å²) in [6, 6.07) is 7.19. The summed E-state index contributed by atoms with van der Waals surface area (Å²) in [7, 11) is 1.14. The lowest BCUT2D eigenvalue weighted by Gasteiger charge is -2.28. The average Bonchev–Trinajstić information content (AvgIpc) is 2.46. The molecule has 0 radical (unpaired) electrons. The molecular formula is C14H18F2N2O3. The van der Waals surface area contributed by atoms with E-state index < -0.39 is 29.9 Å². The van der Waals surface area contributed by atoms with E-state index in [2.05, 4.69) is 10.1 Å². The van der Waals surface area contributed by atoms with Crippen LogP contribution in [0.1, 0.15) is 12.5 Å². The number of halogens is 2. The highest BCUT2D eigenvalue weighted by atomic mass is 19.3. The predicted molar refractivity (Wildman–Crippen MR) is 72.7 cm³/mol. The lowest BCUT2D eigenvalue weighted by molar-refractivity contribution is -0.146. The van der Waals surface area contributed by atoms with Crippen LogP contribution in [0.2, 0.25) is 0 Å². The summed E-state index contributed by atoms with van der Waals surface area (Å²) in [5.41, 5.74) is 3.68. The number of benzene rings is 1. The standard InChI is InChI=1S/C14H18F2N2O3/c1-9(11(19)21-2)18-13(20)14(17,12(15)16)8-10-6-4-3-5-7-10/h3-7,9,12H,8,17H2,1-2H3,(H,18,20)/t9-,14-/m0/s1. The molecule has 0 spiro atoms. The number of methoxy groups -OCH3 is 1. The van der Waals surface area contributed by atoms with Crippen LogP contribution in [0.3, 0.4) is 0 Å². The smallest absolute Gasteiger partial charge is 0.328 e. The molecule has 0 aromatic heterocycles. The van der Waals surface area contributed by atoms with Crippen LogP contribution in [-0.4, -0.2) is 37.0 Å². The van der Waals surface area contributed by atoms with Gasteiger partial charge in [-0.2, -0.15) is 0 Å². The van der Waals surface area contributed by atoms with Crippen molar-refractivity contribution in [2.24, 2.45) is 5.73 Å². The Kier molecular flexibility index (Phi) is 5.78. The van der Waals surface area contributed by atoms with Crippen LogP contribution in [0.25, 0.3) is 0 Å². The lowest BCUT2D eigenvalue weighted by Crippen LogP contribution is -2.62. The summed E-state index contributed by atoms with van der Waals surface area (Å²) in [6.45, 7) is 1.33. The monoisotopic (exact) mass is 300 g/mol. The van der Waals surface area contributed by atoms with Crippen LogP contribution in [0.4, 0.5) is 8.78 Å². The molecule has 5 nitrogen and oxygen atoms in total. The van der Waals surface area contributed by atoms with Crippen LogP contribution in [0, 0.1) is 0 Å². The number of amides is 1. The molecule has 0 aliphatic heterocycles. The topological polar surface area (TPSA) is 81.4 Å². The first kappa shape index (κ1) is 17.0.